The van der Waals surface area contributed by atoms with Crippen molar-refractivity contribution in [2.75, 3.05) is 4.90 Å². The quantitative estimate of drug-likeness (QED) is 0.593. The molecular weight excluding hydrogens is 396 g/mol. The number of fused-ring (bicyclic) bond motifs is 2. The number of rotatable bonds is 6. The van der Waals surface area contributed by atoms with Crippen molar-refractivity contribution in [2.45, 2.75) is 45.6 Å². The van der Waals surface area contributed by atoms with Crippen LogP contribution in [0.1, 0.15) is 44.7 Å². The number of hydrogen-bond acceptors (Lipinski definition) is 5. The lowest BCUT2D eigenvalue weighted by atomic mass is 9.86. The first-order valence-corrected chi connectivity index (χ1v) is 10.9. The van der Waals surface area contributed by atoms with Gasteiger partial charge in [-0.05, 0) is 55.2 Å². The number of halogens is 1. The van der Waals surface area contributed by atoms with Crippen molar-refractivity contribution in [2.24, 2.45) is 17.8 Å². The van der Waals surface area contributed by atoms with Crippen molar-refractivity contribution >= 4 is 45.6 Å². The number of nitrogens with zero attached hydrogens (tertiary/aromatic N) is 2. The van der Waals surface area contributed by atoms with E-state index in [1.807, 2.05) is 11.4 Å². The Balaban J connectivity index is 1.36. The van der Waals surface area contributed by atoms with Crippen LogP contribution in [0.15, 0.2) is 29.6 Å². The highest BCUT2D eigenvalue weighted by molar-refractivity contribution is 7.14. The Hall–Kier alpha value is -1.92. The number of carbonyl (C=O) groups excluding carboxylic acids is 2. The lowest BCUT2D eigenvalue weighted by Gasteiger charge is -2.20. The summed E-state index contributed by atoms with van der Waals surface area (Å²) in [4.78, 5) is 30.4. The first-order valence-electron chi connectivity index (χ1n) is 9.66. The second-order valence-electron chi connectivity index (χ2n) is 7.76. The summed E-state index contributed by atoms with van der Waals surface area (Å²) in [6.45, 7) is 1.62. The van der Waals surface area contributed by atoms with Crippen LogP contribution >= 0.6 is 22.9 Å². The normalized spacial score (nSPS) is 23.0. The number of thiazole rings is 1. The van der Waals surface area contributed by atoms with Gasteiger partial charge in [0.1, 0.15) is 6.61 Å². The molecule has 1 aromatic carbocycles. The predicted molar refractivity (Wildman–Crippen MR) is 110 cm³/mol. The number of ether oxygens (including phenoxy) is 1. The van der Waals surface area contributed by atoms with Crippen molar-refractivity contribution < 1.29 is 14.3 Å². The van der Waals surface area contributed by atoms with Crippen LogP contribution in [0.25, 0.3) is 0 Å². The van der Waals surface area contributed by atoms with Crippen LogP contribution in [0, 0.1) is 17.8 Å². The highest BCUT2D eigenvalue weighted by atomic mass is 35.5. The molecule has 1 amide bonds. The van der Waals surface area contributed by atoms with Gasteiger partial charge in [-0.2, -0.15) is 0 Å². The summed E-state index contributed by atoms with van der Waals surface area (Å²) in [5, 5.41) is 2.91. The Kier molecular flexibility index (Phi) is 5.69. The van der Waals surface area contributed by atoms with Crippen molar-refractivity contribution in [1.29, 1.82) is 0 Å². The lowest BCUT2D eigenvalue weighted by molar-refractivity contribution is -0.146. The van der Waals surface area contributed by atoms with E-state index >= 15 is 0 Å². The van der Waals surface area contributed by atoms with Crippen molar-refractivity contribution in [3.63, 3.8) is 0 Å². The Labute approximate surface area is 173 Å². The molecule has 2 bridgehead atoms. The van der Waals surface area contributed by atoms with Gasteiger partial charge in [-0.25, -0.2) is 4.98 Å². The third-order valence-corrected chi connectivity index (χ3v) is 6.92. The Morgan fingerprint density at radius 1 is 1.32 bits per heavy atom. The van der Waals surface area contributed by atoms with Crippen molar-refractivity contribution in [3.05, 3.63) is 40.4 Å². The van der Waals surface area contributed by atoms with Crippen molar-refractivity contribution in [1.82, 2.24) is 4.98 Å². The van der Waals surface area contributed by atoms with Gasteiger partial charge >= 0.3 is 5.97 Å². The van der Waals surface area contributed by atoms with E-state index in [4.69, 9.17) is 16.3 Å². The highest BCUT2D eigenvalue weighted by Gasteiger charge is 2.40. The number of amides is 1. The molecule has 5 nitrogen and oxygen atoms in total. The average Bonchev–Trinajstić information content (AvgIpc) is 3.37. The predicted octanol–water partition coefficient (Wildman–Crippen LogP) is 5.35. The summed E-state index contributed by atoms with van der Waals surface area (Å²) in [7, 11) is 0. The first kappa shape index (κ1) is 19.4. The number of benzene rings is 1. The average molecular weight is 419 g/mol. The van der Waals surface area contributed by atoms with Gasteiger partial charge in [0.25, 0.3) is 0 Å². The van der Waals surface area contributed by atoms with Gasteiger partial charge in [-0.15, -0.1) is 11.3 Å². The molecular formula is C21H23ClN2O3S. The van der Waals surface area contributed by atoms with Gasteiger partial charge in [-0.1, -0.05) is 24.1 Å². The van der Waals surface area contributed by atoms with Crippen LogP contribution in [0.4, 0.5) is 10.8 Å². The van der Waals surface area contributed by atoms with Crippen LogP contribution in [0.5, 0.6) is 0 Å². The molecule has 1 heterocycles. The number of anilines is 2. The maximum absolute atomic E-state index is 12.2. The molecule has 0 radical (unpaired) electrons. The van der Waals surface area contributed by atoms with Crippen molar-refractivity contribution in [3.8, 4) is 0 Å². The number of carbonyl (C=O) groups is 2. The summed E-state index contributed by atoms with van der Waals surface area (Å²) in [5.41, 5.74) is 1.31. The third-order valence-electron chi connectivity index (χ3n) is 5.81. The molecule has 0 spiro atoms. The summed E-state index contributed by atoms with van der Waals surface area (Å²) in [6, 6.07) is 7.08. The Bertz CT molecular complexity index is 884. The summed E-state index contributed by atoms with van der Waals surface area (Å²) in [5.74, 6) is 1.73. The third kappa shape index (κ3) is 4.23. The molecule has 28 heavy (non-hydrogen) atoms. The smallest absolute Gasteiger partial charge is 0.306 e. The molecule has 7 heteroatoms. The fourth-order valence-electron chi connectivity index (χ4n) is 4.56. The Morgan fingerprint density at radius 2 is 2.18 bits per heavy atom. The molecule has 3 atom stereocenters. The topological polar surface area (TPSA) is 59.5 Å². The van der Waals surface area contributed by atoms with Gasteiger partial charge in [-0.3, -0.25) is 14.5 Å². The highest BCUT2D eigenvalue weighted by Crippen LogP contribution is 2.49. The summed E-state index contributed by atoms with van der Waals surface area (Å²) < 4.78 is 5.46. The van der Waals surface area contributed by atoms with E-state index in [1.54, 1.807) is 18.2 Å². The van der Waals surface area contributed by atoms with Gasteiger partial charge in [0.2, 0.25) is 5.91 Å². The molecule has 0 saturated heterocycles. The summed E-state index contributed by atoms with van der Waals surface area (Å²) in [6.07, 6.45) is 5.57. The van der Waals surface area contributed by atoms with E-state index in [1.165, 1.54) is 48.8 Å². The Morgan fingerprint density at radius 3 is 2.86 bits per heavy atom. The molecule has 0 aliphatic heterocycles. The maximum Gasteiger partial charge on any atom is 0.306 e. The summed E-state index contributed by atoms with van der Waals surface area (Å²) >= 11 is 7.39. The minimum Gasteiger partial charge on any atom is -0.459 e. The van der Waals surface area contributed by atoms with Crippen LogP contribution in [0.3, 0.4) is 0 Å². The molecule has 2 saturated carbocycles. The lowest BCUT2D eigenvalue weighted by Crippen LogP contribution is -2.22. The molecule has 0 N–H and O–H groups in total. The van der Waals surface area contributed by atoms with Gasteiger partial charge in [0.05, 0.1) is 11.4 Å². The fourth-order valence-corrected chi connectivity index (χ4v) is 5.62. The molecule has 4 rings (SSSR count). The molecule has 148 valence electrons. The number of hydrogen-bond donors (Lipinski definition) is 0. The second-order valence-corrected chi connectivity index (χ2v) is 9.03. The second kappa shape index (κ2) is 8.21. The first-order chi connectivity index (χ1) is 13.5. The zero-order valence-corrected chi connectivity index (χ0v) is 17.3. The van der Waals surface area contributed by atoms with Crippen LogP contribution in [-0.2, 0) is 20.9 Å². The van der Waals surface area contributed by atoms with E-state index in [2.05, 4.69) is 4.98 Å². The molecule has 2 fully saturated rings. The largest absolute Gasteiger partial charge is 0.459 e. The minimum absolute atomic E-state index is 0.136. The van der Waals surface area contributed by atoms with Gasteiger partial charge < -0.3 is 4.74 Å². The SMILES string of the molecule is CC(=O)N(c1cccc(Cl)c1)c1nc(COC(=O)C[C@H]2C[C@@H]3CC[C@@H]2C3)cs1. The van der Waals surface area contributed by atoms with E-state index in [-0.39, 0.29) is 18.5 Å². The zero-order valence-electron chi connectivity index (χ0n) is 15.8. The molecule has 2 aliphatic rings. The van der Waals surface area contributed by atoms with E-state index in [0.717, 1.165) is 5.92 Å². The van der Waals surface area contributed by atoms with Crippen LogP contribution < -0.4 is 4.90 Å². The zero-order chi connectivity index (χ0) is 19.7. The molecule has 1 aromatic heterocycles. The minimum atomic E-state index is -0.156. The molecule has 2 aromatic rings. The van der Waals surface area contributed by atoms with E-state index in [0.29, 0.717) is 39.8 Å². The van der Waals surface area contributed by atoms with Gasteiger partial charge in [0.15, 0.2) is 5.13 Å². The molecule has 2 aliphatic carbocycles. The fraction of sp³-hybridized carbons (Fsp3) is 0.476. The maximum atomic E-state index is 12.2. The van der Waals surface area contributed by atoms with E-state index in [9.17, 15) is 9.59 Å². The number of esters is 1. The molecule has 0 unspecified atom stereocenters. The van der Waals surface area contributed by atoms with Gasteiger partial charge in [0, 0.05) is 23.7 Å². The van der Waals surface area contributed by atoms with E-state index < -0.39 is 0 Å². The number of aromatic nitrogens is 1. The van der Waals surface area contributed by atoms with Crippen LogP contribution in [0.2, 0.25) is 5.02 Å². The monoisotopic (exact) mass is 418 g/mol. The van der Waals surface area contributed by atoms with Crippen LogP contribution in [-0.4, -0.2) is 16.9 Å². The standard InChI is InChI=1S/C21H23ClN2O3S/c1-13(25)24(19-4-2-3-17(22)10-19)21-23-18(12-28-21)11-27-20(26)9-16-8-14-5-6-15(16)7-14/h2-4,10,12,14-16H,5-9,11H2,1H3/t14-,15-,16-/m1/s1.